The number of aryl methyl sites for hydroxylation is 1. The summed E-state index contributed by atoms with van der Waals surface area (Å²) in [5.41, 5.74) is 3.29. The lowest BCUT2D eigenvalue weighted by Crippen LogP contribution is -2.22. The maximum Gasteiger partial charge on any atom is 0.267 e. The second kappa shape index (κ2) is 8.09. The molecule has 1 aliphatic carbocycles. The Balaban J connectivity index is 1.32. The van der Waals surface area contributed by atoms with Crippen LogP contribution >= 0.6 is 0 Å². The van der Waals surface area contributed by atoms with Crippen LogP contribution in [0.4, 0.5) is 0 Å². The first-order chi connectivity index (χ1) is 14.7. The van der Waals surface area contributed by atoms with E-state index < -0.39 is 0 Å². The van der Waals surface area contributed by atoms with Gasteiger partial charge in [-0.3, -0.25) is 14.3 Å². The molecule has 6 heteroatoms. The van der Waals surface area contributed by atoms with Gasteiger partial charge >= 0.3 is 0 Å². The summed E-state index contributed by atoms with van der Waals surface area (Å²) in [7, 11) is 0. The van der Waals surface area contributed by atoms with E-state index >= 15 is 0 Å². The van der Waals surface area contributed by atoms with Gasteiger partial charge in [0.05, 0.1) is 6.20 Å². The minimum atomic E-state index is -0.0399. The van der Waals surface area contributed by atoms with Crippen LogP contribution in [0.3, 0.4) is 0 Å². The van der Waals surface area contributed by atoms with E-state index in [2.05, 4.69) is 10.4 Å². The molecule has 156 valence electrons. The van der Waals surface area contributed by atoms with Crippen LogP contribution in [-0.2, 0) is 19.5 Å². The summed E-state index contributed by atoms with van der Waals surface area (Å²) >= 11 is 0. The zero-order valence-electron chi connectivity index (χ0n) is 17.3. The highest BCUT2D eigenvalue weighted by molar-refractivity contribution is 6.03. The summed E-state index contributed by atoms with van der Waals surface area (Å²) < 4.78 is 4.05. The molecule has 3 heterocycles. The minimum absolute atomic E-state index is 0.0399. The number of hydrogen-bond acceptors (Lipinski definition) is 3. The number of ketones is 1. The third-order valence-corrected chi connectivity index (χ3v) is 6.52. The molecule has 1 amide bonds. The van der Waals surface area contributed by atoms with Crippen molar-refractivity contribution in [2.75, 3.05) is 6.54 Å². The van der Waals surface area contributed by atoms with Gasteiger partial charge in [-0.25, -0.2) is 0 Å². The topological polar surface area (TPSA) is 68.9 Å². The molecular weight excluding hydrogens is 376 g/mol. The third-order valence-electron chi connectivity index (χ3n) is 6.52. The van der Waals surface area contributed by atoms with Crippen LogP contribution in [0.25, 0.3) is 10.9 Å². The highest BCUT2D eigenvalue weighted by atomic mass is 16.2. The van der Waals surface area contributed by atoms with Crippen molar-refractivity contribution in [3.8, 4) is 0 Å². The number of rotatable bonds is 5. The minimum Gasteiger partial charge on any atom is -0.351 e. The summed E-state index contributed by atoms with van der Waals surface area (Å²) in [5, 5.41) is 8.42. The van der Waals surface area contributed by atoms with E-state index in [1.165, 1.54) is 32.1 Å². The normalized spacial score (nSPS) is 17.5. The van der Waals surface area contributed by atoms with E-state index in [9.17, 15) is 9.59 Å². The maximum absolute atomic E-state index is 13.0. The Bertz CT molecular complexity index is 1090. The van der Waals surface area contributed by atoms with Crippen LogP contribution in [0.15, 0.2) is 36.7 Å². The van der Waals surface area contributed by atoms with Crippen molar-refractivity contribution in [2.24, 2.45) is 5.92 Å². The van der Waals surface area contributed by atoms with E-state index in [1.807, 2.05) is 45.9 Å². The van der Waals surface area contributed by atoms with Gasteiger partial charge in [0.2, 0.25) is 0 Å². The van der Waals surface area contributed by atoms with Gasteiger partial charge in [0, 0.05) is 48.7 Å². The molecule has 0 bridgehead atoms. The zero-order valence-corrected chi connectivity index (χ0v) is 17.3. The van der Waals surface area contributed by atoms with Crippen LogP contribution in [0.5, 0.6) is 0 Å². The number of Topliss-reactive ketones (excluding diaryl/α,β-unsaturated/α-hetero) is 1. The molecule has 2 aliphatic rings. The fourth-order valence-corrected chi connectivity index (χ4v) is 4.91. The second-order valence-corrected chi connectivity index (χ2v) is 8.74. The average Bonchev–Trinajstić information content (AvgIpc) is 3.30. The van der Waals surface area contributed by atoms with Crippen molar-refractivity contribution in [3.05, 3.63) is 53.5 Å². The van der Waals surface area contributed by atoms with Gasteiger partial charge in [-0.15, -0.1) is 0 Å². The van der Waals surface area contributed by atoms with Crippen molar-refractivity contribution < 1.29 is 9.59 Å². The van der Waals surface area contributed by atoms with Crippen molar-refractivity contribution in [1.82, 2.24) is 19.7 Å². The predicted molar refractivity (Wildman–Crippen MR) is 116 cm³/mol. The van der Waals surface area contributed by atoms with E-state index in [1.54, 1.807) is 0 Å². The van der Waals surface area contributed by atoms with Crippen molar-refractivity contribution in [1.29, 1.82) is 0 Å². The molecule has 5 rings (SSSR count). The van der Waals surface area contributed by atoms with Gasteiger partial charge in [-0.2, -0.15) is 5.10 Å². The van der Waals surface area contributed by atoms with Gasteiger partial charge in [0.1, 0.15) is 5.69 Å². The predicted octanol–water partition coefficient (Wildman–Crippen LogP) is 3.98. The molecule has 1 saturated carbocycles. The zero-order chi connectivity index (χ0) is 20.5. The van der Waals surface area contributed by atoms with Gasteiger partial charge in [-0.05, 0) is 42.9 Å². The molecule has 0 radical (unpaired) electrons. The first-order valence-corrected chi connectivity index (χ1v) is 11.1. The van der Waals surface area contributed by atoms with Gasteiger partial charge in [0.25, 0.3) is 5.91 Å². The summed E-state index contributed by atoms with van der Waals surface area (Å²) in [6, 6.07) is 7.67. The Morgan fingerprint density at radius 2 is 2.00 bits per heavy atom. The number of hydrogen-bond donors (Lipinski definition) is 1. The highest BCUT2D eigenvalue weighted by Gasteiger charge is 2.20. The monoisotopic (exact) mass is 404 g/mol. The number of carbonyl (C=O) groups is 2. The third kappa shape index (κ3) is 3.78. The lowest BCUT2D eigenvalue weighted by atomic mass is 9.89. The number of benzene rings is 1. The fourth-order valence-electron chi connectivity index (χ4n) is 4.91. The lowest BCUT2D eigenvalue weighted by Gasteiger charge is -2.21. The lowest BCUT2D eigenvalue weighted by molar-refractivity contribution is 0.0950. The first kappa shape index (κ1) is 19.1. The Kier molecular flexibility index (Phi) is 5.15. The smallest absolute Gasteiger partial charge is 0.267 e. The number of amides is 1. The van der Waals surface area contributed by atoms with E-state index in [0.29, 0.717) is 30.1 Å². The van der Waals surface area contributed by atoms with Crippen molar-refractivity contribution in [3.63, 3.8) is 0 Å². The van der Waals surface area contributed by atoms with Gasteiger partial charge in [-0.1, -0.05) is 31.4 Å². The summed E-state index contributed by atoms with van der Waals surface area (Å²) in [4.78, 5) is 25.2. The van der Waals surface area contributed by atoms with Crippen molar-refractivity contribution >= 4 is 22.6 Å². The first-order valence-electron chi connectivity index (χ1n) is 11.1. The van der Waals surface area contributed by atoms with Crippen LogP contribution < -0.4 is 5.32 Å². The van der Waals surface area contributed by atoms with Crippen LogP contribution in [0, 0.1) is 5.92 Å². The van der Waals surface area contributed by atoms with Gasteiger partial charge in [0.15, 0.2) is 5.78 Å². The van der Waals surface area contributed by atoms with Crippen LogP contribution in [-0.4, -0.2) is 32.6 Å². The number of aromatic nitrogens is 3. The SMILES string of the molecule is O=C(Cc1cnn(CC2CCCCC2)c1)c1ccc2cc3n(c2c1)CCCNC3=O. The standard InChI is InChI=1S/C24H28N4O2/c29-23(11-18-14-26-27(16-18)15-17-5-2-1-3-6-17)20-8-7-19-12-22-24(30)25-9-4-10-28(22)21(19)13-20/h7-8,12-14,16-17H,1-6,9-11,15H2,(H,25,30). The quantitative estimate of drug-likeness (QED) is 0.654. The number of fused-ring (bicyclic) bond motifs is 3. The molecule has 30 heavy (non-hydrogen) atoms. The van der Waals surface area contributed by atoms with Gasteiger partial charge < -0.3 is 9.88 Å². The molecule has 1 aromatic carbocycles. The molecule has 0 spiro atoms. The maximum atomic E-state index is 13.0. The number of nitrogens with zero attached hydrogens (tertiary/aromatic N) is 3. The van der Waals surface area contributed by atoms with Crippen LogP contribution in [0.2, 0.25) is 0 Å². The molecular formula is C24H28N4O2. The summed E-state index contributed by atoms with van der Waals surface area (Å²) in [6.45, 7) is 2.42. The highest BCUT2D eigenvalue weighted by Crippen LogP contribution is 2.26. The van der Waals surface area contributed by atoms with Crippen LogP contribution in [0.1, 0.15) is 64.9 Å². The molecule has 0 atom stereocenters. The Hall–Kier alpha value is -2.89. The second-order valence-electron chi connectivity index (χ2n) is 8.74. The number of carbonyl (C=O) groups excluding carboxylic acids is 2. The summed E-state index contributed by atoms with van der Waals surface area (Å²) in [5.74, 6) is 0.760. The Morgan fingerprint density at radius 3 is 2.87 bits per heavy atom. The molecule has 0 saturated heterocycles. The van der Waals surface area contributed by atoms with E-state index in [4.69, 9.17) is 0 Å². The van der Waals surface area contributed by atoms with E-state index in [0.717, 1.165) is 36.0 Å². The largest absolute Gasteiger partial charge is 0.351 e. The Labute approximate surface area is 176 Å². The molecule has 6 nitrogen and oxygen atoms in total. The molecule has 1 N–H and O–H groups in total. The molecule has 2 aromatic heterocycles. The van der Waals surface area contributed by atoms with Crippen molar-refractivity contribution in [2.45, 2.75) is 58.0 Å². The fraction of sp³-hybridized carbons (Fsp3) is 0.458. The Morgan fingerprint density at radius 1 is 1.13 bits per heavy atom. The average molecular weight is 405 g/mol. The molecule has 3 aromatic rings. The summed E-state index contributed by atoms with van der Waals surface area (Å²) in [6.07, 6.45) is 11.7. The molecule has 1 aliphatic heterocycles. The molecule has 1 fully saturated rings. The number of nitrogens with one attached hydrogen (secondary N) is 1. The van der Waals surface area contributed by atoms with E-state index in [-0.39, 0.29) is 11.7 Å². The molecule has 0 unspecified atom stereocenters.